The molecule has 1 aromatic rings. The first kappa shape index (κ1) is 9.57. The van der Waals surface area contributed by atoms with Crippen molar-refractivity contribution < 1.29 is 4.74 Å². The minimum absolute atomic E-state index is 0.717. The molecule has 1 nitrogen and oxygen atoms in total. The molecule has 0 bridgehead atoms. The van der Waals surface area contributed by atoms with Gasteiger partial charge in [-0.05, 0) is 43.2 Å². The summed E-state index contributed by atoms with van der Waals surface area (Å²) < 4.78 is 5.80. The molecule has 1 aliphatic rings. The van der Waals surface area contributed by atoms with Gasteiger partial charge in [0.1, 0.15) is 5.75 Å². The smallest absolute Gasteiger partial charge is 0.122 e. The number of aryl methyl sites for hydroxylation is 1. The number of benzene rings is 1. The molecule has 14 heavy (non-hydrogen) atoms. The third kappa shape index (κ3) is 2.28. The van der Waals surface area contributed by atoms with E-state index in [1.165, 1.54) is 18.4 Å². The summed E-state index contributed by atoms with van der Waals surface area (Å²) in [7, 11) is 0. The molecule has 0 spiro atoms. The Morgan fingerprint density at radius 3 is 2.71 bits per heavy atom. The van der Waals surface area contributed by atoms with Gasteiger partial charge in [-0.2, -0.15) is 0 Å². The van der Waals surface area contributed by atoms with Gasteiger partial charge in [0.15, 0.2) is 0 Å². The second-order valence-corrected chi connectivity index (χ2v) is 4.39. The number of hydrogen-bond donors (Lipinski definition) is 0. The highest BCUT2D eigenvalue weighted by atomic mass is 16.5. The molecule has 0 radical (unpaired) electrons. The molecule has 0 aliphatic heterocycles. The van der Waals surface area contributed by atoms with Crippen molar-refractivity contribution in [1.82, 2.24) is 0 Å². The van der Waals surface area contributed by atoms with E-state index in [4.69, 9.17) is 4.74 Å². The number of ether oxygens (including phenoxy) is 1. The van der Waals surface area contributed by atoms with Crippen molar-refractivity contribution in [2.24, 2.45) is 11.8 Å². The molecule has 0 N–H and O–H groups in total. The fraction of sp³-hybridized carbons (Fsp3) is 0.538. The summed E-state index contributed by atoms with van der Waals surface area (Å²) >= 11 is 0. The van der Waals surface area contributed by atoms with Gasteiger partial charge in [-0.1, -0.05) is 25.1 Å². The SMILES string of the molecule is Cc1ccccc1OCC(C)C1CC1. The van der Waals surface area contributed by atoms with Gasteiger partial charge >= 0.3 is 0 Å². The van der Waals surface area contributed by atoms with Crippen molar-refractivity contribution in [3.05, 3.63) is 29.8 Å². The number of hydrogen-bond acceptors (Lipinski definition) is 1. The van der Waals surface area contributed by atoms with E-state index in [2.05, 4.69) is 26.0 Å². The highest BCUT2D eigenvalue weighted by Gasteiger charge is 2.28. The molecule has 1 heteroatoms. The second kappa shape index (κ2) is 4.04. The zero-order valence-electron chi connectivity index (χ0n) is 8.99. The number of rotatable bonds is 4. The maximum absolute atomic E-state index is 5.80. The van der Waals surface area contributed by atoms with Crippen LogP contribution in [0.15, 0.2) is 24.3 Å². The third-order valence-corrected chi connectivity index (χ3v) is 3.02. The van der Waals surface area contributed by atoms with Crippen LogP contribution in [0, 0.1) is 18.8 Å². The monoisotopic (exact) mass is 190 g/mol. The molecule has 1 saturated carbocycles. The lowest BCUT2D eigenvalue weighted by Gasteiger charge is -2.13. The van der Waals surface area contributed by atoms with Crippen LogP contribution in [0.25, 0.3) is 0 Å². The molecule has 0 aromatic heterocycles. The maximum Gasteiger partial charge on any atom is 0.122 e. The van der Waals surface area contributed by atoms with Crippen LogP contribution < -0.4 is 4.74 Å². The lowest BCUT2D eigenvalue weighted by atomic mass is 10.1. The molecule has 1 fully saturated rings. The van der Waals surface area contributed by atoms with Crippen LogP contribution in [0.1, 0.15) is 25.3 Å². The van der Waals surface area contributed by atoms with E-state index >= 15 is 0 Å². The van der Waals surface area contributed by atoms with Crippen LogP contribution in [-0.4, -0.2) is 6.61 Å². The Labute approximate surface area is 86.1 Å². The molecule has 0 amide bonds. The second-order valence-electron chi connectivity index (χ2n) is 4.39. The van der Waals surface area contributed by atoms with E-state index < -0.39 is 0 Å². The van der Waals surface area contributed by atoms with Gasteiger partial charge < -0.3 is 4.74 Å². The molecule has 1 aliphatic carbocycles. The van der Waals surface area contributed by atoms with E-state index in [9.17, 15) is 0 Å². The van der Waals surface area contributed by atoms with Crippen molar-refractivity contribution >= 4 is 0 Å². The van der Waals surface area contributed by atoms with Crippen molar-refractivity contribution in [1.29, 1.82) is 0 Å². The van der Waals surface area contributed by atoms with Crippen LogP contribution in [0.4, 0.5) is 0 Å². The Hall–Kier alpha value is -0.980. The van der Waals surface area contributed by atoms with E-state index in [0.717, 1.165) is 24.2 Å². The fourth-order valence-corrected chi connectivity index (χ4v) is 1.74. The zero-order valence-corrected chi connectivity index (χ0v) is 8.99. The summed E-state index contributed by atoms with van der Waals surface area (Å²) in [4.78, 5) is 0. The van der Waals surface area contributed by atoms with Gasteiger partial charge in [-0.25, -0.2) is 0 Å². The molecule has 1 unspecified atom stereocenters. The highest BCUT2D eigenvalue weighted by molar-refractivity contribution is 5.31. The van der Waals surface area contributed by atoms with Gasteiger partial charge in [0.2, 0.25) is 0 Å². The standard InChI is InChI=1S/C13H18O/c1-10-5-3-4-6-13(10)14-9-11(2)12-7-8-12/h3-6,11-12H,7-9H2,1-2H3. The molecule has 0 saturated heterocycles. The minimum atomic E-state index is 0.717. The van der Waals surface area contributed by atoms with E-state index in [0.29, 0.717) is 0 Å². The van der Waals surface area contributed by atoms with Gasteiger partial charge in [-0.3, -0.25) is 0 Å². The summed E-state index contributed by atoms with van der Waals surface area (Å²) in [6.45, 7) is 5.25. The van der Waals surface area contributed by atoms with Gasteiger partial charge in [0.05, 0.1) is 6.61 Å². The average Bonchev–Trinajstić information content (AvgIpc) is 2.99. The normalized spacial score (nSPS) is 17.9. The quantitative estimate of drug-likeness (QED) is 0.707. The van der Waals surface area contributed by atoms with Crippen LogP contribution in [0.5, 0.6) is 5.75 Å². The van der Waals surface area contributed by atoms with Crippen LogP contribution >= 0.6 is 0 Å². The fourth-order valence-electron chi connectivity index (χ4n) is 1.74. The van der Waals surface area contributed by atoms with Crippen molar-refractivity contribution in [2.45, 2.75) is 26.7 Å². The summed E-state index contributed by atoms with van der Waals surface area (Å²) in [5.74, 6) is 2.69. The third-order valence-electron chi connectivity index (χ3n) is 3.02. The van der Waals surface area contributed by atoms with Crippen molar-refractivity contribution in [3.63, 3.8) is 0 Å². The summed E-state index contributed by atoms with van der Waals surface area (Å²) in [5.41, 5.74) is 1.23. The van der Waals surface area contributed by atoms with Crippen LogP contribution in [0.2, 0.25) is 0 Å². The minimum Gasteiger partial charge on any atom is -0.493 e. The first-order chi connectivity index (χ1) is 6.77. The summed E-state index contributed by atoms with van der Waals surface area (Å²) in [6.07, 6.45) is 2.80. The largest absolute Gasteiger partial charge is 0.493 e. The van der Waals surface area contributed by atoms with Gasteiger partial charge in [-0.15, -0.1) is 0 Å². The van der Waals surface area contributed by atoms with Gasteiger partial charge in [0, 0.05) is 0 Å². The molecule has 76 valence electrons. The van der Waals surface area contributed by atoms with E-state index in [1.807, 2.05) is 12.1 Å². The van der Waals surface area contributed by atoms with Crippen LogP contribution in [0.3, 0.4) is 0 Å². The average molecular weight is 190 g/mol. The topological polar surface area (TPSA) is 9.23 Å². The van der Waals surface area contributed by atoms with E-state index in [1.54, 1.807) is 0 Å². The lowest BCUT2D eigenvalue weighted by molar-refractivity contribution is 0.243. The Bertz CT molecular complexity index is 302. The lowest BCUT2D eigenvalue weighted by Crippen LogP contribution is -2.10. The first-order valence-corrected chi connectivity index (χ1v) is 5.46. The Kier molecular flexibility index (Phi) is 2.76. The molecule has 0 heterocycles. The Morgan fingerprint density at radius 2 is 2.07 bits per heavy atom. The maximum atomic E-state index is 5.80. The molecule has 1 atom stereocenters. The van der Waals surface area contributed by atoms with Gasteiger partial charge in [0.25, 0.3) is 0 Å². The number of para-hydroxylation sites is 1. The molecule has 1 aromatic carbocycles. The molecular formula is C13H18O. The Morgan fingerprint density at radius 1 is 1.36 bits per heavy atom. The predicted molar refractivity (Wildman–Crippen MR) is 58.6 cm³/mol. The first-order valence-electron chi connectivity index (χ1n) is 5.46. The van der Waals surface area contributed by atoms with Crippen molar-refractivity contribution in [3.8, 4) is 5.75 Å². The van der Waals surface area contributed by atoms with Crippen LogP contribution in [-0.2, 0) is 0 Å². The Balaban J connectivity index is 1.87. The van der Waals surface area contributed by atoms with E-state index in [-0.39, 0.29) is 0 Å². The zero-order chi connectivity index (χ0) is 9.97. The predicted octanol–water partition coefficient (Wildman–Crippen LogP) is 3.42. The summed E-state index contributed by atoms with van der Waals surface area (Å²) in [5, 5.41) is 0. The molecular weight excluding hydrogens is 172 g/mol. The highest BCUT2D eigenvalue weighted by Crippen LogP contribution is 2.36. The van der Waals surface area contributed by atoms with Crippen molar-refractivity contribution in [2.75, 3.05) is 6.61 Å². The summed E-state index contributed by atoms with van der Waals surface area (Å²) in [6, 6.07) is 8.22. The molecule has 2 rings (SSSR count).